The van der Waals surface area contributed by atoms with Crippen molar-refractivity contribution in [3.05, 3.63) is 22.5 Å². The van der Waals surface area contributed by atoms with Gasteiger partial charge in [-0.05, 0) is 46.1 Å². The lowest BCUT2D eigenvalue weighted by atomic mass is 10.1. The van der Waals surface area contributed by atoms with Gasteiger partial charge in [0.2, 0.25) is 0 Å². The standard InChI is InChI=1S/C19H28N2O5/c1-12(2)26-18(23)16-13(3)17(20-14(16)4)19(24)25-11-15(22)21-9-7-5-6-8-10-21/h12,20H,5-11H2,1-4H3. The van der Waals surface area contributed by atoms with Gasteiger partial charge in [-0.2, -0.15) is 0 Å². The highest BCUT2D eigenvalue weighted by Gasteiger charge is 2.25. The van der Waals surface area contributed by atoms with Crippen LogP contribution in [0.15, 0.2) is 0 Å². The molecule has 0 atom stereocenters. The number of ether oxygens (including phenoxy) is 2. The summed E-state index contributed by atoms with van der Waals surface area (Å²) in [6.07, 6.45) is 3.96. The van der Waals surface area contributed by atoms with E-state index in [4.69, 9.17) is 9.47 Å². The number of amides is 1. The van der Waals surface area contributed by atoms with Crippen molar-refractivity contribution >= 4 is 17.8 Å². The van der Waals surface area contributed by atoms with Crippen LogP contribution in [0.25, 0.3) is 0 Å². The van der Waals surface area contributed by atoms with Crippen molar-refractivity contribution in [2.75, 3.05) is 19.7 Å². The molecule has 2 heterocycles. The molecule has 144 valence electrons. The van der Waals surface area contributed by atoms with Crippen LogP contribution < -0.4 is 0 Å². The number of nitrogens with zero attached hydrogens (tertiary/aromatic N) is 1. The summed E-state index contributed by atoms with van der Waals surface area (Å²) in [5.41, 5.74) is 1.53. The maximum Gasteiger partial charge on any atom is 0.355 e. The molecule has 0 unspecified atom stereocenters. The van der Waals surface area contributed by atoms with Crippen molar-refractivity contribution in [2.45, 2.75) is 59.5 Å². The molecule has 2 rings (SSSR count). The third kappa shape index (κ3) is 4.86. The lowest BCUT2D eigenvalue weighted by Crippen LogP contribution is -2.35. The van der Waals surface area contributed by atoms with Crippen LogP contribution in [0.3, 0.4) is 0 Å². The zero-order valence-corrected chi connectivity index (χ0v) is 16.0. The molecule has 1 aliphatic rings. The fourth-order valence-electron chi connectivity index (χ4n) is 3.14. The minimum absolute atomic E-state index is 0.180. The van der Waals surface area contributed by atoms with Gasteiger partial charge in [0.15, 0.2) is 6.61 Å². The quantitative estimate of drug-likeness (QED) is 0.812. The lowest BCUT2D eigenvalue weighted by Gasteiger charge is -2.19. The maximum absolute atomic E-state index is 12.4. The molecule has 0 aliphatic carbocycles. The first-order chi connectivity index (χ1) is 12.3. The van der Waals surface area contributed by atoms with Gasteiger partial charge in [0.05, 0.1) is 11.7 Å². The molecule has 1 N–H and O–H groups in total. The van der Waals surface area contributed by atoms with E-state index in [0.29, 0.717) is 29.9 Å². The number of nitrogens with one attached hydrogen (secondary N) is 1. The highest BCUT2D eigenvalue weighted by molar-refractivity contribution is 5.99. The predicted molar refractivity (Wildman–Crippen MR) is 96.1 cm³/mol. The zero-order valence-electron chi connectivity index (χ0n) is 16.0. The molecular formula is C19H28N2O5. The first-order valence-corrected chi connectivity index (χ1v) is 9.16. The Balaban J connectivity index is 2.01. The summed E-state index contributed by atoms with van der Waals surface area (Å²) in [6, 6.07) is 0. The molecule has 1 aromatic heterocycles. The molecule has 1 aliphatic heterocycles. The molecular weight excluding hydrogens is 336 g/mol. The summed E-state index contributed by atoms with van der Waals surface area (Å²) in [7, 11) is 0. The molecule has 26 heavy (non-hydrogen) atoms. The predicted octanol–water partition coefficient (Wildman–Crippen LogP) is 2.76. The van der Waals surface area contributed by atoms with Gasteiger partial charge in [-0.25, -0.2) is 9.59 Å². The van der Waals surface area contributed by atoms with Crippen LogP contribution in [0, 0.1) is 13.8 Å². The van der Waals surface area contributed by atoms with Crippen LogP contribution in [-0.2, 0) is 14.3 Å². The summed E-state index contributed by atoms with van der Waals surface area (Å²) in [5, 5.41) is 0. The van der Waals surface area contributed by atoms with Crippen LogP contribution >= 0.6 is 0 Å². The van der Waals surface area contributed by atoms with Crippen molar-refractivity contribution in [2.24, 2.45) is 0 Å². The molecule has 0 bridgehead atoms. The summed E-state index contributed by atoms with van der Waals surface area (Å²) in [5.74, 6) is -1.30. The number of carbonyl (C=O) groups is 3. The maximum atomic E-state index is 12.4. The Kier molecular flexibility index (Phi) is 6.83. The number of hydrogen-bond acceptors (Lipinski definition) is 5. The first kappa shape index (κ1) is 20.0. The topological polar surface area (TPSA) is 88.7 Å². The van der Waals surface area contributed by atoms with Crippen molar-refractivity contribution in [1.82, 2.24) is 9.88 Å². The zero-order chi connectivity index (χ0) is 19.3. The van der Waals surface area contributed by atoms with E-state index in [9.17, 15) is 14.4 Å². The number of aromatic nitrogens is 1. The molecule has 0 radical (unpaired) electrons. The Morgan fingerprint density at radius 2 is 1.65 bits per heavy atom. The number of carbonyl (C=O) groups excluding carboxylic acids is 3. The summed E-state index contributed by atoms with van der Waals surface area (Å²) < 4.78 is 10.4. The molecule has 0 saturated carbocycles. The molecule has 0 aromatic carbocycles. The van der Waals surface area contributed by atoms with Gasteiger partial charge in [-0.3, -0.25) is 4.79 Å². The van der Waals surface area contributed by atoms with Crippen LogP contribution in [-0.4, -0.2) is 53.5 Å². The van der Waals surface area contributed by atoms with Crippen molar-refractivity contribution < 1.29 is 23.9 Å². The minimum atomic E-state index is -0.641. The van der Waals surface area contributed by atoms with E-state index in [1.807, 2.05) is 0 Å². The minimum Gasteiger partial charge on any atom is -0.459 e. The van der Waals surface area contributed by atoms with Gasteiger partial charge in [-0.15, -0.1) is 0 Å². The summed E-state index contributed by atoms with van der Waals surface area (Å²) >= 11 is 0. The van der Waals surface area contributed by atoms with Crippen LogP contribution in [0.2, 0.25) is 0 Å². The number of hydrogen-bond donors (Lipinski definition) is 1. The fraction of sp³-hybridized carbons (Fsp3) is 0.632. The number of esters is 2. The Labute approximate surface area is 154 Å². The third-order valence-corrected chi connectivity index (χ3v) is 4.47. The molecule has 1 saturated heterocycles. The number of aromatic amines is 1. The van der Waals surface area contributed by atoms with E-state index in [1.165, 1.54) is 0 Å². The van der Waals surface area contributed by atoms with Crippen LogP contribution in [0.1, 0.15) is 71.6 Å². The smallest absolute Gasteiger partial charge is 0.355 e. The average molecular weight is 364 g/mol. The average Bonchev–Trinajstić information content (AvgIpc) is 2.76. The van der Waals surface area contributed by atoms with Crippen LogP contribution in [0.5, 0.6) is 0 Å². The van der Waals surface area contributed by atoms with Crippen LogP contribution in [0.4, 0.5) is 0 Å². The second-order valence-electron chi connectivity index (χ2n) is 6.95. The number of likely N-dealkylation sites (tertiary alicyclic amines) is 1. The Hall–Kier alpha value is -2.31. The SMILES string of the molecule is Cc1[nH]c(C(=O)OCC(=O)N2CCCCCC2)c(C)c1C(=O)OC(C)C. The molecule has 7 nitrogen and oxygen atoms in total. The first-order valence-electron chi connectivity index (χ1n) is 9.16. The lowest BCUT2D eigenvalue weighted by molar-refractivity contribution is -0.134. The Morgan fingerprint density at radius 3 is 2.23 bits per heavy atom. The summed E-state index contributed by atoms with van der Waals surface area (Å²) in [6.45, 7) is 8.01. The summed E-state index contributed by atoms with van der Waals surface area (Å²) in [4.78, 5) is 41.4. The third-order valence-electron chi connectivity index (χ3n) is 4.47. The molecule has 1 amide bonds. The second-order valence-corrected chi connectivity index (χ2v) is 6.95. The van der Waals surface area contributed by atoms with Gasteiger partial charge < -0.3 is 19.4 Å². The number of aryl methyl sites for hydroxylation is 1. The monoisotopic (exact) mass is 364 g/mol. The van der Waals surface area contributed by atoms with E-state index in [-0.39, 0.29) is 24.3 Å². The van der Waals surface area contributed by atoms with Gasteiger partial charge in [0, 0.05) is 18.8 Å². The molecule has 1 fully saturated rings. The Morgan fingerprint density at radius 1 is 1.04 bits per heavy atom. The van der Waals surface area contributed by atoms with Crippen molar-refractivity contribution in [3.63, 3.8) is 0 Å². The van der Waals surface area contributed by atoms with Gasteiger partial charge >= 0.3 is 11.9 Å². The normalized spacial score (nSPS) is 14.9. The van der Waals surface area contributed by atoms with Gasteiger partial charge in [0.25, 0.3) is 5.91 Å². The highest BCUT2D eigenvalue weighted by Crippen LogP contribution is 2.20. The van der Waals surface area contributed by atoms with E-state index in [2.05, 4.69) is 4.98 Å². The van der Waals surface area contributed by atoms with Gasteiger partial charge in [-0.1, -0.05) is 12.8 Å². The Bertz CT molecular complexity index is 670. The molecule has 7 heteroatoms. The molecule has 0 spiro atoms. The largest absolute Gasteiger partial charge is 0.459 e. The van der Waals surface area contributed by atoms with Crippen molar-refractivity contribution in [1.29, 1.82) is 0 Å². The molecule has 1 aromatic rings. The highest BCUT2D eigenvalue weighted by atomic mass is 16.5. The number of rotatable bonds is 5. The van der Waals surface area contributed by atoms with E-state index >= 15 is 0 Å². The van der Waals surface area contributed by atoms with Crippen molar-refractivity contribution in [3.8, 4) is 0 Å². The fourth-order valence-corrected chi connectivity index (χ4v) is 3.14. The number of H-pyrrole nitrogens is 1. The van der Waals surface area contributed by atoms with E-state index in [1.54, 1.807) is 32.6 Å². The second kappa shape index (κ2) is 8.87. The van der Waals surface area contributed by atoms with Gasteiger partial charge in [0.1, 0.15) is 5.69 Å². The van der Waals surface area contributed by atoms with E-state index < -0.39 is 11.9 Å². The van der Waals surface area contributed by atoms with E-state index in [0.717, 1.165) is 25.7 Å².